The highest BCUT2D eigenvalue weighted by atomic mass is 32.2. The van der Waals surface area contributed by atoms with Crippen LogP contribution in [0.5, 0.6) is 17.2 Å². The fourth-order valence-electron chi connectivity index (χ4n) is 4.38. The van der Waals surface area contributed by atoms with Crippen molar-refractivity contribution in [1.82, 2.24) is 5.32 Å². The minimum Gasteiger partial charge on any atom is -0.507 e. The third kappa shape index (κ3) is 4.40. The fraction of sp³-hybridized carbons (Fsp3) is 0.385. The molecule has 0 aliphatic carbocycles. The Balaban J connectivity index is 1.35. The number of hydrogen-bond acceptors (Lipinski definition) is 7. The van der Waals surface area contributed by atoms with E-state index in [0.29, 0.717) is 36.9 Å². The molecule has 2 aromatic carbocycles. The molecule has 1 saturated heterocycles. The minimum absolute atomic E-state index is 0.208. The Hall–Kier alpha value is -2.97. The number of hydrogen-bond donors (Lipinski definition) is 2. The molecule has 1 unspecified atom stereocenters. The number of imide groups is 1. The van der Waals surface area contributed by atoms with Gasteiger partial charge in [-0.25, -0.2) is 4.90 Å². The molecule has 8 heteroatoms. The lowest BCUT2D eigenvalue weighted by Gasteiger charge is -2.38. The number of nitrogens with zero attached hydrogens (tertiary/aromatic N) is 1. The first-order valence-electron chi connectivity index (χ1n) is 11.3. The third-order valence-electron chi connectivity index (χ3n) is 6.57. The lowest BCUT2D eigenvalue weighted by Crippen LogP contribution is -2.46. The first-order chi connectivity index (χ1) is 16.1. The number of anilines is 1. The molecule has 1 atom stereocenters. The third-order valence-corrected chi connectivity index (χ3v) is 7.35. The first-order valence-corrected chi connectivity index (χ1v) is 12.1. The summed E-state index contributed by atoms with van der Waals surface area (Å²) >= 11 is 0.833. The molecule has 0 spiro atoms. The van der Waals surface area contributed by atoms with E-state index in [2.05, 4.69) is 18.8 Å². The maximum absolute atomic E-state index is 12.3. The highest BCUT2D eigenvalue weighted by Crippen LogP contribution is 2.43. The zero-order chi connectivity index (χ0) is 24.6. The number of rotatable bonds is 7. The summed E-state index contributed by atoms with van der Waals surface area (Å²) in [5.74, 6) is 1.30. The molecule has 0 radical (unpaired) electrons. The van der Waals surface area contributed by atoms with E-state index in [9.17, 15) is 14.7 Å². The Morgan fingerprint density at radius 3 is 2.65 bits per heavy atom. The van der Waals surface area contributed by atoms with Gasteiger partial charge in [0.2, 0.25) is 0 Å². The van der Waals surface area contributed by atoms with Crippen molar-refractivity contribution in [3.8, 4) is 17.2 Å². The molecule has 0 saturated carbocycles. The van der Waals surface area contributed by atoms with Crippen LogP contribution >= 0.6 is 11.8 Å². The average molecular weight is 483 g/mol. The van der Waals surface area contributed by atoms with Crippen LogP contribution in [0.1, 0.15) is 35.6 Å². The lowest BCUT2D eigenvalue weighted by molar-refractivity contribution is -0.113. The van der Waals surface area contributed by atoms with E-state index >= 15 is 0 Å². The number of amides is 2. The molecule has 4 rings (SSSR count). The quantitative estimate of drug-likeness (QED) is 0.434. The second kappa shape index (κ2) is 9.35. The summed E-state index contributed by atoms with van der Waals surface area (Å²) in [5.41, 5.74) is 3.87. The van der Waals surface area contributed by atoms with E-state index in [1.54, 1.807) is 24.3 Å². The monoisotopic (exact) mass is 482 g/mol. The van der Waals surface area contributed by atoms with Gasteiger partial charge in [0.1, 0.15) is 29.5 Å². The molecule has 1 fully saturated rings. The van der Waals surface area contributed by atoms with E-state index in [4.69, 9.17) is 9.47 Å². The Kier molecular flexibility index (Phi) is 6.64. The first kappa shape index (κ1) is 24.2. The molecule has 2 amide bonds. The molecule has 180 valence electrons. The van der Waals surface area contributed by atoms with Crippen LogP contribution in [0.2, 0.25) is 0 Å². The Bertz CT molecular complexity index is 1180. The van der Waals surface area contributed by atoms with Gasteiger partial charge < -0.3 is 19.9 Å². The molecule has 2 N–H and O–H groups in total. The number of nitrogens with one attached hydrogen (secondary N) is 1. The van der Waals surface area contributed by atoms with Crippen molar-refractivity contribution in [2.45, 2.75) is 46.1 Å². The Morgan fingerprint density at radius 2 is 1.94 bits per heavy atom. The standard InChI is InChI=1S/C26H30N2O5S/c1-15-16(2)23-19(17(3)22(15)29)10-11-26(5,33-23)14-27-12-13-32-21-9-7-6-8-20(21)28-24(30)18(4)34-25(28)31/h6-9,27,29H,4,10-14H2,1-3,5H3. The zero-order valence-electron chi connectivity index (χ0n) is 20.0. The van der Waals surface area contributed by atoms with E-state index in [1.165, 1.54) is 0 Å². The second-order valence-corrected chi connectivity index (χ2v) is 10.1. The van der Waals surface area contributed by atoms with Gasteiger partial charge in [0.25, 0.3) is 11.1 Å². The molecule has 2 aromatic rings. The molecular weight excluding hydrogens is 452 g/mol. The molecule has 2 aliphatic heterocycles. The predicted octanol–water partition coefficient (Wildman–Crippen LogP) is 4.78. The maximum atomic E-state index is 12.3. The number of fused-ring (bicyclic) bond motifs is 1. The van der Waals surface area contributed by atoms with Crippen molar-refractivity contribution in [3.63, 3.8) is 0 Å². The molecule has 0 bridgehead atoms. The molecule has 7 nitrogen and oxygen atoms in total. The van der Waals surface area contributed by atoms with Crippen LogP contribution in [-0.4, -0.2) is 41.6 Å². The summed E-state index contributed by atoms with van der Waals surface area (Å²) in [4.78, 5) is 25.8. The van der Waals surface area contributed by atoms with E-state index in [1.807, 2.05) is 20.8 Å². The molecule has 2 aliphatic rings. The van der Waals surface area contributed by atoms with Crippen LogP contribution < -0.4 is 19.7 Å². The van der Waals surface area contributed by atoms with E-state index < -0.39 is 5.91 Å². The zero-order valence-corrected chi connectivity index (χ0v) is 20.8. The number of benzene rings is 2. The van der Waals surface area contributed by atoms with Gasteiger partial charge in [-0.1, -0.05) is 18.7 Å². The fourth-order valence-corrected chi connectivity index (χ4v) is 5.04. The molecule has 2 heterocycles. The normalized spacial score (nSPS) is 19.9. The van der Waals surface area contributed by atoms with Crippen LogP contribution in [0, 0.1) is 20.8 Å². The molecule has 34 heavy (non-hydrogen) atoms. The van der Waals surface area contributed by atoms with Crippen molar-refractivity contribution in [2.24, 2.45) is 0 Å². The topological polar surface area (TPSA) is 88.1 Å². The lowest BCUT2D eigenvalue weighted by atomic mass is 9.87. The van der Waals surface area contributed by atoms with Gasteiger partial charge in [-0.15, -0.1) is 0 Å². The van der Waals surface area contributed by atoms with Crippen molar-refractivity contribution in [1.29, 1.82) is 0 Å². The number of thioether (sulfide) groups is 1. The van der Waals surface area contributed by atoms with Gasteiger partial charge in [0, 0.05) is 18.7 Å². The summed E-state index contributed by atoms with van der Waals surface area (Å²) in [6.45, 7) is 13.1. The van der Waals surface area contributed by atoms with E-state index in [0.717, 1.165) is 57.5 Å². The van der Waals surface area contributed by atoms with Crippen LogP contribution in [-0.2, 0) is 11.2 Å². The second-order valence-electron chi connectivity index (χ2n) is 9.01. The smallest absolute Gasteiger partial charge is 0.298 e. The number of aromatic hydroxyl groups is 1. The van der Waals surface area contributed by atoms with Gasteiger partial charge >= 0.3 is 0 Å². The Morgan fingerprint density at radius 1 is 1.21 bits per heavy atom. The summed E-state index contributed by atoms with van der Waals surface area (Å²) in [7, 11) is 0. The highest BCUT2D eigenvalue weighted by Gasteiger charge is 2.37. The van der Waals surface area contributed by atoms with Gasteiger partial charge in [-0.2, -0.15) is 0 Å². The molecular formula is C26H30N2O5S. The van der Waals surface area contributed by atoms with Crippen LogP contribution in [0.25, 0.3) is 0 Å². The van der Waals surface area contributed by atoms with Crippen molar-refractivity contribution in [3.05, 3.63) is 58.0 Å². The predicted molar refractivity (Wildman–Crippen MR) is 134 cm³/mol. The van der Waals surface area contributed by atoms with Gasteiger partial charge in [0.05, 0.1) is 10.6 Å². The number of phenols is 1. The SMILES string of the molecule is C=C1SC(=O)N(c2ccccc2OCCNCC2(C)CCc3c(C)c(O)c(C)c(C)c3O2)C1=O. The van der Waals surface area contributed by atoms with Crippen LogP contribution in [0.15, 0.2) is 35.7 Å². The van der Waals surface area contributed by atoms with E-state index in [-0.39, 0.29) is 15.7 Å². The maximum Gasteiger partial charge on any atom is 0.298 e. The Labute approximate surface area is 204 Å². The summed E-state index contributed by atoms with van der Waals surface area (Å²) in [5, 5.41) is 13.4. The van der Waals surface area contributed by atoms with Gasteiger partial charge in [0.15, 0.2) is 0 Å². The highest BCUT2D eigenvalue weighted by molar-refractivity contribution is 8.18. The number of phenolic OH excluding ortho intramolecular Hbond substituents is 1. The summed E-state index contributed by atoms with van der Waals surface area (Å²) < 4.78 is 12.4. The van der Waals surface area contributed by atoms with Crippen molar-refractivity contribution >= 4 is 28.6 Å². The van der Waals surface area contributed by atoms with Crippen LogP contribution in [0.4, 0.5) is 10.5 Å². The summed E-state index contributed by atoms with van der Waals surface area (Å²) in [6, 6.07) is 7.00. The van der Waals surface area contributed by atoms with Gasteiger partial charge in [-0.05, 0) is 81.1 Å². The molecule has 0 aromatic heterocycles. The number of carbonyl (C=O) groups excluding carboxylic acids is 2. The van der Waals surface area contributed by atoms with Crippen molar-refractivity contribution in [2.75, 3.05) is 24.6 Å². The number of para-hydroxylation sites is 2. The number of carbonyl (C=O) groups is 2. The minimum atomic E-state index is -0.416. The number of ether oxygens (including phenoxy) is 2. The largest absolute Gasteiger partial charge is 0.507 e. The van der Waals surface area contributed by atoms with Gasteiger partial charge in [-0.3, -0.25) is 9.59 Å². The van der Waals surface area contributed by atoms with Crippen LogP contribution in [0.3, 0.4) is 0 Å². The summed E-state index contributed by atoms with van der Waals surface area (Å²) in [6.07, 6.45) is 1.68. The van der Waals surface area contributed by atoms with Crippen molar-refractivity contribution < 1.29 is 24.2 Å². The average Bonchev–Trinajstić information content (AvgIpc) is 3.07.